The third-order valence-electron chi connectivity index (χ3n) is 2.92. The fraction of sp³-hybridized carbons (Fsp3) is 1.00. The van der Waals surface area contributed by atoms with Crippen molar-refractivity contribution in [1.29, 1.82) is 0 Å². The summed E-state index contributed by atoms with van der Waals surface area (Å²) in [7, 11) is 8.70. The summed E-state index contributed by atoms with van der Waals surface area (Å²) in [5.74, 6) is 0. The van der Waals surface area contributed by atoms with E-state index in [2.05, 4.69) is 47.3 Å². The van der Waals surface area contributed by atoms with Crippen molar-refractivity contribution in [2.75, 3.05) is 41.3 Å². The van der Waals surface area contributed by atoms with Crippen molar-refractivity contribution in [1.82, 2.24) is 9.80 Å². The first kappa shape index (κ1) is 15.8. The third kappa shape index (κ3) is 11.1. The van der Waals surface area contributed by atoms with E-state index in [1.165, 1.54) is 25.9 Å². The van der Waals surface area contributed by atoms with E-state index in [0.717, 1.165) is 0 Å². The fourth-order valence-corrected chi connectivity index (χ4v) is 7.97. The van der Waals surface area contributed by atoms with Crippen molar-refractivity contribution in [3.63, 3.8) is 0 Å². The molecule has 0 aromatic rings. The van der Waals surface area contributed by atoms with Crippen LogP contribution >= 0.6 is 0 Å². The summed E-state index contributed by atoms with van der Waals surface area (Å²) in [6.45, 7) is 2.54. The van der Waals surface area contributed by atoms with Crippen LogP contribution in [0.4, 0.5) is 0 Å². The van der Waals surface area contributed by atoms with E-state index >= 15 is 0 Å². The van der Waals surface area contributed by atoms with Crippen LogP contribution in [-0.4, -0.2) is 51.1 Å². The Kier molecular flexibility index (Phi) is 8.40. The molecule has 2 nitrogen and oxygen atoms in total. The zero-order chi connectivity index (χ0) is 11.9. The second kappa shape index (κ2) is 7.98. The molecule has 3 heteroatoms. The first-order valence-corrected chi connectivity index (χ1v) is 14.5. The molecule has 0 radical (unpaired) electrons. The molecule has 0 N–H and O–H groups in total. The Morgan fingerprint density at radius 1 is 0.733 bits per heavy atom. The summed E-state index contributed by atoms with van der Waals surface area (Å²) in [5.41, 5.74) is 0. The molecule has 0 unspecified atom stereocenters. The van der Waals surface area contributed by atoms with Crippen LogP contribution in [0, 0.1) is 0 Å². The van der Waals surface area contributed by atoms with E-state index in [1.807, 2.05) is 0 Å². The van der Waals surface area contributed by atoms with E-state index in [-0.39, 0.29) is 0 Å². The van der Waals surface area contributed by atoms with Crippen molar-refractivity contribution >= 4 is 0 Å². The van der Waals surface area contributed by atoms with E-state index in [1.54, 1.807) is 8.26 Å². The minimum atomic E-state index is -1.61. The molecule has 0 fully saturated rings. The van der Waals surface area contributed by atoms with Gasteiger partial charge in [-0.3, -0.25) is 0 Å². The summed E-state index contributed by atoms with van der Waals surface area (Å²) in [6, 6.07) is 0. The quantitative estimate of drug-likeness (QED) is 0.679. The van der Waals surface area contributed by atoms with Crippen LogP contribution in [0.5, 0.6) is 0 Å². The fourth-order valence-electron chi connectivity index (χ4n) is 1.87. The molecule has 0 spiro atoms. The predicted octanol–water partition coefficient (Wildman–Crippen LogP) is 2.98. The predicted molar refractivity (Wildman–Crippen MR) is 67.7 cm³/mol. The van der Waals surface area contributed by atoms with Gasteiger partial charge in [0.15, 0.2) is 0 Å². The van der Waals surface area contributed by atoms with Crippen LogP contribution in [0.2, 0.25) is 17.5 Å². The Hall–Kier alpha value is 0.803. The van der Waals surface area contributed by atoms with E-state index in [4.69, 9.17) is 0 Å². The van der Waals surface area contributed by atoms with Gasteiger partial charge in [0.2, 0.25) is 0 Å². The molecule has 0 bridgehead atoms. The van der Waals surface area contributed by atoms with Crippen LogP contribution in [0.15, 0.2) is 0 Å². The van der Waals surface area contributed by atoms with Crippen LogP contribution in [0.3, 0.4) is 0 Å². The van der Waals surface area contributed by atoms with Crippen molar-refractivity contribution in [3.05, 3.63) is 0 Å². The number of hydrogen-bond donors (Lipinski definition) is 0. The monoisotopic (exact) mass is 292 g/mol. The van der Waals surface area contributed by atoms with Gasteiger partial charge in [-0.1, -0.05) is 0 Å². The molecule has 92 valence electrons. The SMILES string of the molecule is CN(C)CC[CH2][Zr]([CH3])([CH3])[CH2]CCN(C)C. The topological polar surface area (TPSA) is 6.48 Å². The third-order valence-corrected chi connectivity index (χ3v) is 11.3. The van der Waals surface area contributed by atoms with Crippen LogP contribution < -0.4 is 0 Å². The number of hydrogen-bond acceptors (Lipinski definition) is 2. The molecule has 0 saturated heterocycles. The van der Waals surface area contributed by atoms with Gasteiger partial charge in [0, 0.05) is 0 Å². The zero-order valence-electron chi connectivity index (χ0n) is 11.6. The normalized spacial score (nSPS) is 12.8. The van der Waals surface area contributed by atoms with E-state index in [9.17, 15) is 0 Å². The standard InChI is InChI=1S/2C5H12N.2CH3.Zr/c2*1-4-5-6(2)3;;;/h2*1,4-5H2,2-3H3;2*1H3;. The van der Waals surface area contributed by atoms with Gasteiger partial charge in [-0.15, -0.1) is 0 Å². The van der Waals surface area contributed by atoms with Crippen LogP contribution in [0.1, 0.15) is 12.8 Å². The molecule has 0 aromatic carbocycles. The molecule has 0 saturated carbocycles. The second-order valence-electron chi connectivity index (χ2n) is 5.98. The molecular formula is C12H30N2Zr. The van der Waals surface area contributed by atoms with Gasteiger partial charge >= 0.3 is 102 Å². The summed E-state index contributed by atoms with van der Waals surface area (Å²) < 4.78 is 8.33. The van der Waals surface area contributed by atoms with Gasteiger partial charge in [0.05, 0.1) is 0 Å². The second-order valence-corrected chi connectivity index (χ2v) is 19.1. The number of rotatable bonds is 8. The molecule has 0 rings (SSSR count). The van der Waals surface area contributed by atoms with Gasteiger partial charge in [-0.2, -0.15) is 0 Å². The maximum atomic E-state index is 2.61. The van der Waals surface area contributed by atoms with Crippen molar-refractivity contribution < 1.29 is 20.3 Å². The van der Waals surface area contributed by atoms with Gasteiger partial charge in [-0.05, 0) is 0 Å². The summed E-state index contributed by atoms with van der Waals surface area (Å²) in [4.78, 5) is 4.61. The van der Waals surface area contributed by atoms with E-state index < -0.39 is 20.3 Å². The molecule has 0 aliphatic heterocycles. The Balaban J connectivity index is 3.57. The summed E-state index contributed by atoms with van der Waals surface area (Å²) in [6.07, 6.45) is 2.83. The first-order chi connectivity index (χ1) is 6.83. The maximum absolute atomic E-state index is 2.61. The van der Waals surface area contributed by atoms with Crippen molar-refractivity contribution in [3.8, 4) is 0 Å². The van der Waals surface area contributed by atoms with E-state index in [0.29, 0.717) is 0 Å². The average molecular weight is 294 g/mol. The molecular weight excluding hydrogens is 263 g/mol. The van der Waals surface area contributed by atoms with Crippen molar-refractivity contribution in [2.45, 2.75) is 30.4 Å². The molecule has 0 amide bonds. The molecule has 0 aromatic heterocycles. The Labute approximate surface area is 101 Å². The van der Waals surface area contributed by atoms with Gasteiger partial charge < -0.3 is 0 Å². The average Bonchev–Trinajstić information content (AvgIpc) is 2.01. The number of nitrogens with zero attached hydrogens (tertiary/aromatic N) is 2. The summed E-state index contributed by atoms with van der Waals surface area (Å²) >= 11 is -1.61. The van der Waals surface area contributed by atoms with Crippen LogP contribution in [-0.2, 0) is 20.3 Å². The molecule has 0 atom stereocenters. The molecule has 0 aliphatic rings. The van der Waals surface area contributed by atoms with Gasteiger partial charge in [0.25, 0.3) is 0 Å². The van der Waals surface area contributed by atoms with Gasteiger partial charge in [0.1, 0.15) is 0 Å². The van der Waals surface area contributed by atoms with Crippen molar-refractivity contribution in [2.24, 2.45) is 0 Å². The Morgan fingerprint density at radius 3 is 1.33 bits per heavy atom. The summed E-state index contributed by atoms with van der Waals surface area (Å²) in [5, 5.41) is 0. The van der Waals surface area contributed by atoms with Gasteiger partial charge in [-0.25, -0.2) is 0 Å². The molecule has 0 heterocycles. The zero-order valence-corrected chi connectivity index (χ0v) is 14.1. The van der Waals surface area contributed by atoms with Crippen LogP contribution in [0.25, 0.3) is 0 Å². The molecule has 15 heavy (non-hydrogen) atoms. The molecule has 0 aliphatic carbocycles. The Bertz CT molecular complexity index is 140. The Morgan fingerprint density at radius 2 is 1.07 bits per heavy atom. The minimum absolute atomic E-state index is 1.27. The first-order valence-electron chi connectivity index (χ1n) is 6.13.